The van der Waals surface area contributed by atoms with E-state index in [9.17, 15) is 0 Å². The van der Waals surface area contributed by atoms with Crippen LogP contribution in [0.2, 0.25) is 0 Å². The second-order valence-corrected chi connectivity index (χ2v) is 2.69. The highest BCUT2D eigenvalue weighted by atomic mass is 15.1. The Morgan fingerprint density at radius 1 is 1.75 bits per heavy atom. The van der Waals surface area contributed by atoms with Crippen molar-refractivity contribution in [1.29, 1.82) is 0 Å². The van der Waals surface area contributed by atoms with Crippen LogP contribution in [0.3, 0.4) is 0 Å². The standard InChI is InChI=1S/C9H15N3/c1-3-5-9-11-8(6-10)7-12(9)4-2/h4,7H,2-3,5-6,10H2,1H3. The van der Waals surface area contributed by atoms with Gasteiger partial charge in [-0.05, 0) is 6.42 Å². The predicted molar refractivity (Wildman–Crippen MR) is 50.5 cm³/mol. The number of rotatable bonds is 4. The molecule has 66 valence electrons. The van der Waals surface area contributed by atoms with Gasteiger partial charge in [0.25, 0.3) is 0 Å². The maximum absolute atomic E-state index is 5.47. The summed E-state index contributed by atoms with van der Waals surface area (Å²) in [5, 5.41) is 0. The number of hydrogen-bond acceptors (Lipinski definition) is 2. The summed E-state index contributed by atoms with van der Waals surface area (Å²) in [7, 11) is 0. The Morgan fingerprint density at radius 2 is 2.50 bits per heavy atom. The van der Waals surface area contributed by atoms with Gasteiger partial charge in [-0.2, -0.15) is 0 Å². The van der Waals surface area contributed by atoms with Crippen molar-refractivity contribution >= 4 is 6.20 Å². The molecular weight excluding hydrogens is 150 g/mol. The largest absolute Gasteiger partial charge is 0.325 e. The van der Waals surface area contributed by atoms with Crippen LogP contribution in [0.1, 0.15) is 24.9 Å². The fraction of sp³-hybridized carbons (Fsp3) is 0.444. The minimum absolute atomic E-state index is 0.498. The number of nitrogens with zero attached hydrogens (tertiary/aromatic N) is 2. The smallest absolute Gasteiger partial charge is 0.113 e. The molecule has 0 spiro atoms. The molecule has 3 nitrogen and oxygen atoms in total. The van der Waals surface area contributed by atoms with Crippen LogP contribution in [0.5, 0.6) is 0 Å². The Labute approximate surface area is 72.9 Å². The van der Waals surface area contributed by atoms with Gasteiger partial charge in [0, 0.05) is 25.4 Å². The molecule has 0 unspecified atom stereocenters. The first kappa shape index (κ1) is 9.00. The Hall–Kier alpha value is -1.09. The van der Waals surface area contributed by atoms with Crippen LogP contribution in [0.25, 0.3) is 6.20 Å². The molecule has 0 radical (unpaired) electrons. The number of imidazole rings is 1. The third kappa shape index (κ3) is 1.74. The average molecular weight is 165 g/mol. The molecule has 12 heavy (non-hydrogen) atoms. The summed E-state index contributed by atoms with van der Waals surface area (Å²) in [6.07, 6.45) is 5.76. The lowest BCUT2D eigenvalue weighted by molar-refractivity contribution is 0.821. The highest BCUT2D eigenvalue weighted by molar-refractivity contribution is 5.22. The van der Waals surface area contributed by atoms with Gasteiger partial charge in [0.2, 0.25) is 0 Å². The van der Waals surface area contributed by atoms with E-state index in [1.807, 2.05) is 10.8 Å². The van der Waals surface area contributed by atoms with Gasteiger partial charge < -0.3 is 10.3 Å². The van der Waals surface area contributed by atoms with Gasteiger partial charge >= 0.3 is 0 Å². The van der Waals surface area contributed by atoms with E-state index in [1.165, 1.54) is 0 Å². The maximum Gasteiger partial charge on any atom is 0.113 e. The normalized spacial score (nSPS) is 10.2. The van der Waals surface area contributed by atoms with E-state index < -0.39 is 0 Å². The molecule has 0 bridgehead atoms. The van der Waals surface area contributed by atoms with E-state index in [2.05, 4.69) is 18.5 Å². The van der Waals surface area contributed by atoms with Crippen molar-refractivity contribution in [3.8, 4) is 0 Å². The molecule has 0 fully saturated rings. The quantitative estimate of drug-likeness (QED) is 0.732. The summed E-state index contributed by atoms with van der Waals surface area (Å²) >= 11 is 0. The minimum atomic E-state index is 0.498. The van der Waals surface area contributed by atoms with E-state index in [1.54, 1.807) is 6.20 Å². The number of aryl methyl sites for hydroxylation is 1. The summed E-state index contributed by atoms with van der Waals surface area (Å²) in [6, 6.07) is 0. The van der Waals surface area contributed by atoms with E-state index in [0.29, 0.717) is 6.54 Å². The van der Waals surface area contributed by atoms with Crippen molar-refractivity contribution in [1.82, 2.24) is 9.55 Å². The lowest BCUT2D eigenvalue weighted by Crippen LogP contribution is -1.96. The summed E-state index contributed by atoms with van der Waals surface area (Å²) in [5.74, 6) is 1.05. The molecule has 0 aliphatic rings. The summed E-state index contributed by atoms with van der Waals surface area (Å²) < 4.78 is 1.94. The number of aromatic nitrogens is 2. The lowest BCUT2D eigenvalue weighted by Gasteiger charge is -1.97. The SMILES string of the molecule is C=Cn1cc(CN)nc1CCC. The molecule has 0 aliphatic heterocycles. The number of nitrogens with two attached hydrogens (primary N) is 1. The van der Waals surface area contributed by atoms with Crippen LogP contribution in [0.4, 0.5) is 0 Å². The lowest BCUT2D eigenvalue weighted by atomic mass is 10.3. The third-order valence-electron chi connectivity index (χ3n) is 1.74. The molecule has 1 rings (SSSR count). The monoisotopic (exact) mass is 165 g/mol. The van der Waals surface area contributed by atoms with Crippen molar-refractivity contribution in [2.45, 2.75) is 26.3 Å². The van der Waals surface area contributed by atoms with E-state index in [-0.39, 0.29) is 0 Å². The van der Waals surface area contributed by atoms with Crippen LogP contribution >= 0.6 is 0 Å². The van der Waals surface area contributed by atoms with Gasteiger partial charge in [-0.15, -0.1) is 0 Å². The van der Waals surface area contributed by atoms with Crippen molar-refractivity contribution in [3.63, 3.8) is 0 Å². The topological polar surface area (TPSA) is 43.8 Å². The van der Waals surface area contributed by atoms with Crippen LogP contribution < -0.4 is 5.73 Å². The molecule has 0 aliphatic carbocycles. The van der Waals surface area contributed by atoms with E-state index >= 15 is 0 Å². The van der Waals surface area contributed by atoms with Gasteiger partial charge in [-0.3, -0.25) is 0 Å². The summed E-state index contributed by atoms with van der Waals surface area (Å²) in [6.45, 7) is 6.33. The van der Waals surface area contributed by atoms with E-state index in [0.717, 1.165) is 24.4 Å². The van der Waals surface area contributed by atoms with E-state index in [4.69, 9.17) is 5.73 Å². The molecule has 0 aromatic carbocycles. The molecule has 0 saturated carbocycles. The first-order chi connectivity index (χ1) is 5.81. The Morgan fingerprint density at radius 3 is 3.00 bits per heavy atom. The van der Waals surface area contributed by atoms with Gasteiger partial charge in [-0.1, -0.05) is 13.5 Å². The van der Waals surface area contributed by atoms with Crippen molar-refractivity contribution < 1.29 is 0 Å². The Balaban J connectivity index is 2.91. The molecular formula is C9H15N3. The highest BCUT2D eigenvalue weighted by Crippen LogP contribution is 2.05. The second-order valence-electron chi connectivity index (χ2n) is 2.69. The highest BCUT2D eigenvalue weighted by Gasteiger charge is 2.02. The van der Waals surface area contributed by atoms with Gasteiger partial charge in [0.15, 0.2) is 0 Å². The average Bonchev–Trinajstić information content (AvgIpc) is 2.48. The molecule has 2 N–H and O–H groups in total. The van der Waals surface area contributed by atoms with Gasteiger partial charge in [0.1, 0.15) is 5.82 Å². The fourth-order valence-electron chi connectivity index (χ4n) is 1.15. The second kappa shape index (κ2) is 4.07. The summed E-state index contributed by atoms with van der Waals surface area (Å²) in [5.41, 5.74) is 6.40. The van der Waals surface area contributed by atoms with Gasteiger partial charge in [-0.25, -0.2) is 4.98 Å². The first-order valence-corrected chi connectivity index (χ1v) is 4.21. The third-order valence-corrected chi connectivity index (χ3v) is 1.74. The predicted octanol–water partition coefficient (Wildman–Crippen LogP) is 1.39. The van der Waals surface area contributed by atoms with Crippen molar-refractivity contribution in [3.05, 3.63) is 24.3 Å². The van der Waals surface area contributed by atoms with Crippen molar-refractivity contribution in [2.75, 3.05) is 0 Å². The molecule has 0 amide bonds. The zero-order valence-corrected chi connectivity index (χ0v) is 7.45. The fourth-order valence-corrected chi connectivity index (χ4v) is 1.15. The van der Waals surface area contributed by atoms with Gasteiger partial charge in [0.05, 0.1) is 5.69 Å². The molecule has 0 saturated heterocycles. The maximum atomic E-state index is 5.47. The molecule has 0 atom stereocenters. The van der Waals surface area contributed by atoms with Crippen molar-refractivity contribution in [2.24, 2.45) is 5.73 Å². The van der Waals surface area contributed by atoms with Crippen LogP contribution in [0, 0.1) is 0 Å². The zero-order valence-electron chi connectivity index (χ0n) is 7.45. The Kier molecular flexibility index (Phi) is 3.05. The minimum Gasteiger partial charge on any atom is -0.325 e. The summed E-state index contributed by atoms with van der Waals surface area (Å²) in [4.78, 5) is 4.36. The molecule has 1 aromatic heterocycles. The molecule has 1 aromatic rings. The van der Waals surface area contributed by atoms with Crippen LogP contribution in [0.15, 0.2) is 12.8 Å². The Bertz CT molecular complexity index is 263. The first-order valence-electron chi connectivity index (χ1n) is 4.21. The molecule has 1 heterocycles. The zero-order chi connectivity index (χ0) is 8.97. The molecule has 3 heteroatoms. The van der Waals surface area contributed by atoms with Crippen LogP contribution in [-0.2, 0) is 13.0 Å². The van der Waals surface area contributed by atoms with Crippen LogP contribution in [-0.4, -0.2) is 9.55 Å². The number of hydrogen-bond donors (Lipinski definition) is 1.